The molecule has 1 aliphatic rings. The summed E-state index contributed by atoms with van der Waals surface area (Å²) in [6.45, 7) is 1.47. The number of nitrogens with one attached hydrogen (secondary N) is 1. The largest absolute Gasteiger partial charge is 0.376 e. The zero-order valence-corrected chi connectivity index (χ0v) is 15.0. The number of fused-ring (bicyclic) bond motifs is 1. The van der Waals surface area contributed by atoms with Gasteiger partial charge < -0.3 is 10.1 Å². The SMILES string of the molecule is c1cc(-c2nnc3ccc(NCCOC4CCCCCC4)nn23)cs1. The van der Waals surface area contributed by atoms with E-state index in [1.165, 1.54) is 38.5 Å². The molecular weight excluding hydrogens is 334 g/mol. The molecule has 0 bridgehead atoms. The number of ether oxygens (including phenoxy) is 1. The molecule has 132 valence electrons. The molecule has 3 aromatic rings. The van der Waals surface area contributed by atoms with Crippen molar-refractivity contribution in [3.05, 3.63) is 29.0 Å². The summed E-state index contributed by atoms with van der Waals surface area (Å²) in [6, 6.07) is 5.90. The third kappa shape index (κ3) is 3.99. The van der Waals surface area contributed by atoms with E-state index in [2.05, 4.69) is 26.0 Å². The zero-order valence-electron chi connectivity index (χ0n) is 14.2. The van der Waals surface area contributed by atoms with Crippen LogP contribution in [0, 0.1) is 0 Å². The third-order valence-corrected chi connectivity index (χ3v) is 5.29. The van der Waals surface area contributed by atoms with E-state index in [-0.39, 0.29) is 0 Å². The van der Waals surface area contributed by atoms with Gasteiger partial charge in [0.05, 0.1) is 12.7 Å². The Kier molecular flexibility index (Phi) is 5.22. The molecule has 0 aromatic carbocycles. The van der Waals surface area contributed by atoms with Gasteiger partial charge in [-0.3, -0.25) is 0 Å². The minimum atomic E-state index is 0.433. The second kappa shape index (κ2) is 7.93. The topological polar surface area (TPSA) is 64.3 Å². The summed E-state index contributed by atoms with van der Waals surface area (Å²) in [5, 5.41) is 20.5. The lowest BCUT2D eigenvalue weighted by Crippen LogP contribution is -2.18. The molecule has 3 heterocycles. The van der Waals surface area contributed by atoms with Crippen LogP contribution in [0.5, 0.6) is 0 Å². The number of anilines is 1. The van der Waals surface area contributed by atoms with Crippen LogP contribution in [-0.2, 0) is 4.74 Å². The first-order valence-corrected chi connectivity index (χ1v) is 9.95. The molecular formula is C18H23N5OS. The van der Waals surface area contributed by atoms with E-state index < -0.39 is 0 Å². The maximum absolute atomic E-state index is 6.02. The third-order valence-electron chi connectivity index (χ3n) is 4.61. The molecule has 4 rings (SSSR count). The van der Waals surface area contributed by atoms with E-state index in [1.807, 2.05) is 23.6 Å². The van der Waals surface area contributed by atoms with E-state index >= 15 is 0 Å². The van der Waals surface area contributed by atoms with Gasteiger partial charge in [-0.25, -0.2) is 0 Å². The Labute approximate surface area is 151 Å². The number of hydrogen-bond donors (Lipinski definition) is 1. The molecule has 1 aliphatic carbocycles. The molecule has 0 aliphatic heterocycles. The van der Waals surface area contributed by atoms with E-state index in [9.17, 15) is 0 Å². The number of thiophene rings is 1. The van der Waals surface area contributed by atoms with Gasteiger partial charge in [-0.1, -0.05) is 25.7 Å². The first kappa shape index (κ1) is 16.5. The monoisotopic (exact) mass is 357 g/mol. The van der Waals surface area contributed by atoms with Gasteiger partial charge in [0.25, 0.3) is 0 Å². The number of nitrogens with zero attached hydrogens (tertiary/aromatic N) is 4. The van der Waals surface area contributed by atoms with E-state index in [0.29, 0.717) is 12.7 Å². The molecule has 3 aromatic heterocycles. The normalized spacial score (nSPS) is 16.2. The molecule has 25 heavy (non-hydrogen) atoms. The lowest BCUT2D eigenvalue weighted by atomic mass is 10.1. The average molecular weight is 357 g/mol. The summed E-state index contributed by atoms with van der Waals surface area (Å²) in [5.41, 5.74) is 1.79. The Balaban J connectivity index is 1.36. The van der Waals surface area contributed by atoms with Gasteiger partial charge in [-0.05, 0) is 36.4 Å². The molecule has 0 radical (unpaired) electrons. The Morgan fingerprint density at radius 2 is 2.00 bits per heavy atom. The van der Waals surface area contributed by atoms with E-state index in [4.69, 9.17) is 4.74 Å². The highest BCUT2D eigenvalue weighted by molar-refractivity contribution is 7.08. The lowest BCUT2D eigenvalue weighted by Gasteiger charge is -2.15. The highest BCUT2D eigenvalue weighted by Crippen LogP contribution is 2.21. The second-order valence-electron chi connectivity index (χ2n) is 6.44. The number of hydrogen-bond acceptors (Lipinski definition) is 6. The summed E-state index contributed by atoms with van der Waals surface area (Å²) in [7, 11) is 0. The van der Waals surface area contributed by atoms with Crippen molar-refractivity contribution in [3.8, 4) is 11.4 Å². The zero-order chi connectivity index (χ0) is 16.9. The van der Waals surface area contributed by atoms with Crippen LogP contribution in [0.1, 0.15) is 38.5 Å². The van der Waals surface area contributed by atoms with Crippen molar-refractivity contribution in [2.45, 2.75) is 44.6 Å². The summed E-state index contributed by atoms with van der Waals surface area (Å²) in [6.07, 6.45) is 8.15. The van der Waals surface area contributed by atoms with Gasteiger partial charge in [-0.2, -0.15) is 15.9 Å². The van der Waals surface area contributed by atoms with E-state index in [1.54, 1.807) is 15.9 Å². The lowest BCUT2D eigenvalue weighted by molar-refractivity contribution is 0.0501. The van der Waals surface area contributed by atoms with Crippen molar-refractivity contribution in [3.63, 3.8) is 0 Å². The maximum atomic E-state index is 6.02. The predicted octanol–water partition coefficient (Wildman–Crippen LogP) is 4.00. The fourth-order valence-corrected chi connectivity index (χ4v) is 3.90. The molecule has 1 fully saturated rings. The Bertz CT molecular complexity index is 793. The summed E-state index contributed by atoms with van der Waals surface area (Å²) >= 11 is 1.64. The van der Waals surface area contributed by atoms with Gasteiger partial charge in [0.1, 0.15) is 5.82 Å². The Morgan fingerprint density at radius 1 is 1.12 bits per heavy atom. The maximum Gasteiger partial charge on any atom is 0.186 e. The molecule has 1 saturated carbocycles. The fourth-order valence-electron chi connectivity index (χ4n) is 3.27. The molecule has 1 N–H and O–H groups in total. The second-order valence-corrected chi connectivity index (χ2v) is 7.22. The summed E-state index contributed by atoms with van der Waals surface area (Å²) in [5.74, 6) is 1.59. The van der Waals surface area contributed by atoms with Crippen LogP contribution < -0.4 is 5.32 Å². The Hall–Kier alpha value is -1.99. The molecule has 7 heteroatoms. The minimum absolute atomic E-state index is 0.433. The fraction of sp³-hybridized carbons (Fsp3) is 0.500. The summed E-state index contributed by atoms with van der Waals surface area (Å²) in [4.78, 5) is 0. The van der Waals surface area contributed by atoms with Crippen molar-refractivity contribution in [1.29, 1.82) is 0 Å². The molecule has 0 atom stereocenters. The predicted molar refractivity (Wildman–Crippen MR) is 100 cm³/mol. The van der Waals surface area contributed by atoms with Crippen LogP contribution in [0.15, 0.2) is 29.0 Å². The first-order valence-electron chi connectivity index (χ1n) is 9.01. The van der Waals surface area contributed by atoms with Gasteiger partial charge in [-0.15, -0.1) is 15.3 Å². The van der Waals surface area contributed by atoms with Crippen LogP contribution in [0.4, 0.5) is 5.82 Å². The molecule has 0 amide bonds. The smallest absolute Gasteiger partial charge is 0.186 e. The van der Waals surface area contributed by atoms with Crippen LogP contribution in [-0.4, -0.2) is 39.1 Å². The van der Waals surface area contributed by atoms with Gasteiger partial charge >= 0.3 is 0 Å². The standard InChI is InChI=1S/C18H23N5OS/c1-2-4-6-15(5-3-1)24-11-10-19-16-7-8-17-20-21-18(23(17)22-16)14-9-12-25-13-14/h7-9,12-13,15H,1-6,10-11H2,(H,19,22). The van der Waals surface area contributed by atoms with Crippen LogP contribution in [0.2, 0.25) is 0 Å². The average Bonchev–Trinajstić information content (AvgIpc) is 3.23. The molecule has 0 spiro atoms. The van der Waals surface area contributed by atoms with Gasteiger partial charge in [0.2, 0.25) is 0 Å². The van der Waals surface area contributed by atoms with Crippen molar-refractivity contribution in [2.24, 2.45) is 0 Å². The quantitative estimate of drug-likeness (QED) is 0.533. The highest BCUT2D eigenvalue weighted by atomic mass is 32.1. The molecule has 0 saturated heterocycles. The minimum Gasteiger partial charge on any atom is -0.376 e. The van der Waals surface area contributed by atoms with Crippen molar-refractivity contribution >= 4 is 22.8 Å². The van der Waals surface area contributed by atoms with Crippen molar-refractivity contribution < 1.29 is 4.74 Å². The highest BCUT2D eigenvalue weighted by Gasteiger charge is 2.12. The van der Waals surface area contributed by atoms with Gasteiger partial charge in [0.15, 0.2) is 11.5 Å². The van der Waals surface area contributed by atoms with Crippen LogP contribution in [0.3, 0.4) is 0 Å². The summed E-state index contributed by atoms with van der Waals surface area (Å²) < 4.78 is 7.81. The van der Waals surface area contributed by atoms with E-state index in [0.717, 1.165) is 29.4 Å². The van der Waals surface area contributed by atoms with Crippen LogP contribution in [0.25, 0.3) is 17.0 Å². The number of aromatic nitrogens is 4. The van der Waals surface area contributed by atoms with Crippen LogP contribution >= 0.6 is 11.3 Å². The van der Waals surface area contributed by atoms with Crippen molar-refractivity contribution in [2.75, 3.05) is 18.5 Å². The van der Waals surface area contributed by atoms with Crippen molar-refractivity contribution in [1.82, 2.24) is 19.8 Å². The number of rotatable bonds is 6. The van der Waals surface area contributed by atoms with Gasteiger partial charge in [0, 0.05) is 17.5 Å². The molecule has 0 unspecified atom stereocenters. The first-order chi connectivity index (χ1) is 12.4. The Morgan fingerprint density at radius 3 is 2.80 bits per heavy atom. The molecule has 6 nitrogen and oxygen atoms in total.